The van der Waals surface area contributed by atoms with Crippen molar-refractivity contribution in [2.24, 2.45) is 0 Å². The zero-order valence-electron chi connectivity index (χ0n) is 12.6. The summed E-state index contributed by atoms with van der Waals surface area (Å²) in [5.41, 5.74) is 1.78. The zero-order chi connectivity index (χ0) is 16.9. The zero-order valence-corrected chi connectivity index (χ0v) is 14.9. The number of alkyl halides is 1. The minimum absolute atomic E-state index is 0.290. The summed E-state index contributed by atoms with van der Waals surface area (Å²) in [4.78, 5) is 17.5. The second-order valence-electron chi connectivity index (χ2n) is 5.16. The summed E-state index contributed by atoms with van der Waals surface area (Å²) in [5, 5.41) is 3.27. The maximum Gasteiger partial charge on any atom is 0.248 e. The third-order valence-electron chi connectivity index (χ3n) is 3.43. The number of thiazole rings is 1. The molecule has 0 bridgehead atoms. The second-order valence-corrected chi connectivity index (χ2v) is 7.12. The van der Waals surface area contributed by atoms with Crippen molar-refractivity contribution in [2.45, 2.75) is 11.8 Å². The van der Waals surface area contributed by atoms with Crippen molar-refractivity contribution >= 4 is 45.6 Å². The van der Waals surface area contributed by atoms with E-state index in [9.17, 15) is 4.79 Å². The van der Waals surface area contributed by atoms with Gasteiger partial charge in [0, 0.05) is 22.5 Å². The van der Waals surface area contributed by atoms with E-state index in [0.717, 1.165) is 21.0 Å². The van der Waals surface area contributed by atoms with E-state index in [1.165, 1.54) is 11.3 Å². The summed E-state index contributed by atoms with van der Waals surface area (Å²) >= 11 is 13.8. The maximum atomic E-state index is 12.2. The average Bonchev–Trinajstić information content (AvgIpc) is 3.04. The molecule has 1 atom stereocenters. The lowest BCUT2D eigenvalue weighted by Crippen LogP contribution is -2.17. The number of benzene rings is 2. The fourth-order valence-corrected chi connectivity index (χ4v) is 3.46. The highest BCUT2D eigenvalue weighted by Crippen LogP contribution is 2.27. The number of nitrogens with zero attached hydrogens (tertiary/aromatic N) is 1. The van der Waals surface area contributed by atoms with Crippen molar-refractivity contribution in [1.82, 2.24) is 4.98 Å². The molecular weight excluding hydrogens is 363 g/mol. The second kappa shape index (κ2) is 7.79. The standard InChI is InChI=1S/C18H14Cl2N2OS/c19-15-9-5-4-8-13(15)10-14-11-21-18(24-14)22-17(23)16(20)12-6-2-1-3-7-12/h1-9,11,16H,10H2,(H,21,22,23)/t16-/m1/s1. The molecule has 2 aromatic carbocycles. The number of nitrogens with one attached hydrogen (secondary N) is 1. The number of carbonyl (C=O) groups excluding carboxylic acids is 1. The molecule has 0 saturated carbocycles. The largest absolute Gasteiger partial charge is 0.300 e. The van der Waals surface area contributed by atoms with Gasteiger partial charge in [0.05, 0.1) is 0 Å². The molecule has 0 aliphatic heterocycles. The van der Waals surface area contributed by atoms with Gasteiger partial charge in [0.25, 0.3) is 0 Å². The Morgan fingerprint density at radius 3 is 2.58 bits per heavy atom. The molecule has 0 aliphatic carbocycles. The average molecular weight is 377 g/mol. The number of amides is 1. The Hall–Kier alpha value is -1.88. The summed E-state index contributed by atoms with van der Waals surface area (Å²) in [6, 6.07) is 16.9. The Labute approximate surface area is 154 Å². The first-order valence-electron chi connectivity index (χ1n) is 7.31. The van der Waals surface area contributed by atoms with Gasteiger partial charge in [-0.1, -0.05) is 60.1 Å². The van der Waals surface area contributed by atoms with Crippen LogP contribution in [0.2, 0.25) is 5.02 Å². The number of hydrogen-bond donors (Lipinski definition) is 1. The summed E-state index contributed by atoms with van der Waals surface area (Å²) < 4.78 is 0. The van der Waals surface area contributed by atoms with Crippen molar-refractivity contribution in [3.8, 4) is 0 Å². The normalized spacial score (nSPS) is 11.9. The van der Waals surface area contributed by atoms with Gasteiger partial charge in [-0.05, 0) is 17.2 Å². The molecule has 3 nitrogen and oxygen atoms in total. The highest BCUT2D eigenvalue weighted by Gasteiger charge is 2.18. The van der Waals surface area contributed by atoms with E-state index in [1.54, 1.807) is 6.20 Å². The van der Waals surface area contributed by atoms with Crippen molar-refractivity contribution < 1.29 is 4.79 Å². The van der Waals surface area contributed by atoms with Crippen LogP contribution >= 0.6 is 34.5 Å². The fourth-order valence-electron chi connectivity index (χ4n) is 2.22. The van der Waals surface area contributed by atoms with E-state index >= 15 is 0 Å². The van der Waals surface area contributed by atoms with E-state index in [0.29, 0.717) is 11.6 Å². The predicted molar refractivity (Wildman–Crippen MR) is 100 cm³/mol. The van der Waals surface area contributed by atoms with Gasteiger partial charge in [-0.3, -0.25) is 4.79 Å². The molecule has 0 radical (unpaired) electrons. The third-order valence-corrected chi connectivity index (χ3v) is 5.16. The van der Waals surface area contributed by atoms with Gasteiger partial charge in [0.2, 0.25) is 5.91 Å². The smallest absolute Gasteiger partial charge is 0.248 e. The molecule has 0 saturated heterocycles. The summed E-state index contributed by atoms with van der Waals surface area (Å²) in [7, 11) is 0. The number of anilines is 1. The summed E-state index contributed by atoms with van der Waals surface area (Å²) in [5.74, 6) is -0.290. The van der Waals surface area contributed by atoms with E-state index < -0.39 is 5.38 Å². The van der Waals surface area contributed by atoms with Crippen LogP contribution in [0.15, 0.2) is 60.8 Å². The Kier molecular flexibility index (Phi) is 5.51. The number of rotatable bonds is 5. The quantitative estimate of drug-likeness (QED) is 0.613. The fraction of sp³-hybridized carbons (Fsp3) is 0.111. The lowest BCUT2D eigenvalue weighted by molar-refractivity contribution is -0.116. The summed E-state index contributed by atoms with van der Waals surface area (Å²) in [6.45, 7) is 0. The van der Waals surface area contributed by atoms with Gasteiger partial charge in [0.1, 0.15) is 5.38 Å². The molecule has 122 valence electrons. The van der Waals surface area contributed by atoms with Gasteiger partial charge in [-0.25, -0.2) is 4.98 Å². The topological polar surface area (TPSA) is 42.0 Å². The van der Waals surface area contributed by atoms with Crippen molar-refractivity contribution in [3.05, 3.63) is 81.8 Å². The molecular formula is C18H14Cl2N2OS. The molecule has 6 heteroatoms. The van der Waals surface area contributed by atoms with E-state index in [4.69, 9.17) is 23.2 Å². The summed E-state index contributed by atoms with van der Waals surface area (Å²) in [6.07, 6.45) is 2.42. The number of hydrogen-bond acceptors (Lipinski definition) is 3. The Balaban J connectivity index is 1.66. The molecule has 1 aromatic heterocycles. The van der Waals surface area contributed by atoms with Crippen LogP contribution in [-0.4, -0.2) is 10.9 Å². The maximum absolute atomic E-state index is 12.2. The van der Waals surface area contributed by atoms with Crippen LogP contribution in [0.4, 0.5) is 5.13 Å². The number of halogens is 2. The van der Waals surface area contributed by atoms with E-state index in [1.807, 2.05) is 54.6 Å². The number of carbonyl (C=O) groups is 1. The molecule has 3 rings (SSSR count). The van der Waals surface area contributed by atoms with Crippen LogP contribution in [0.5, 0.6) is 0 Å². The van der Waals surface area contributed by atoms with Gasteiger partial charge < -0.3 is 5.32 Å². The monoisotopic (exact) mass is 376 g/mol. The van der Waals surface area contributed by atoms with E-state index in [-0.39, 0.29) is 5.91 Å². The minimum atomic E-state index is -0.748. The van der Waals surface area contributed by atoms with Gasteiger partial charge in [-0.2, -0.15) is 0 Å². The van der Waals surface area contributed by atoms with Crippen LogP contribution in [0.1, 0.15) is 21.4 Å². The Bertz CT molecular complexity index is 836. The minimum Gasteiger partial charge on any atom is -0.300 e. The molecule has 0 aliphatic rings. The van der Waals surface area contributed by atoms with Crippen LogP contribution < -0.4 is 5.32 Å². The van der Waals surface area contributed by atoms with Gasteiger partial charge >= 0.3 is 0 Å². The number of aromatic nitrogens is 1. The first kappa shape index (κ1) is 17.0. The molecule has 0 fully saturated rings. The first-order valence-corrected chi connectivity index (χ1v) is 8.94. The van der Waals surface area contributed by atoms with Crippen LogP contribution in [0.3, 0.4) is 0 Å². The molecule has 24 heavy (non-hydrogen) atoms. The molecule has 1 heterocycles. The lowest BCUT2D eigenvalue weighted by Gasteiger charge is -2.08. The highest BCUT2D eigenvalue weighted by molar-refractivity contribution is 7.15. The van der Waals surface area contributed by atoms with Crippen molar-refractivity contribution in [1.29, 1.82) is 0 Å². The Morgan fingerprint density at radius 2 is 1.83 bits per heavy atom. The van der Waals surface area contributed by atoms with Gasteiger partial charge in [-0.15, -0.1) is 22.9 Å². The van der Waals surface area contributed by atoms with Crippen LogP contribution in [-0.2, 0) is 11.2 Å². The highest BCUT2D eigenvalue weighted by atomic mass is 35.5. The Morgan fingerprint density at radius 1 is 1.12 bits per heavy atom. The third kappa shape index (κ3) is 4.15. The molecule has 1 amide bonds. The SMILES string of the molecule is O=C(Nc1ncc(Cc2ccccc2Cl)s1)[C@H](Cl)c1ccccc1. The molecule has 1 N–H and O–H groups in total. The molecule has 3 aromatic rings. The van der Waals surface area contributed by atoms with Crippen LogP contribution in [0.25, 0.3) is 0 Å². The van der Waals surface area contributed by atoms with Gasteiger partial charge in [0.15, 0.2) is 5.13 Å². The first-order chi connectivity index (χ1) is 11.6. The van der Waals surface area contributed by atoms with E-state index in [2.05, 4.69) is 10.3 Å². The molecule has 0 spiro atoms. The van der Waals surface area contributed by atoms with Crippen molar-refractivity contribution in [2.75, 3.05) is 5.32 Å². The lowest BCUT2D eigenvalue weighted by atomic mass is 10.1. The predicted octanol–water partition coefficient (Wildman–Crippen LogP) is 5.31. The van der Waals surface area contributed by atoms with Crippen LogP contribution in [0, 0.1) is 0 Å². The molecule has 0 unspecified atom stereocenters. The van der Waals surface area contributed by atoms with Crippen molar-refractivity contribution in [3.63, 3.8) is 0 Å².